The van der Waals surface area contributed by atoms with Crippen molar-refractivity contribution in [2.24, 2.45) is 0 Å². The maximum absolute atomic E-state index is 5.09. The molecule has 0 radical (unpaired) electrons. The van der Waals surface area contributed by atoms with Crippen LogP contribution in [0.3, 0.4) is 0 Å². The minimum atomic E-state index is 0.633. The molecule has 0 aromatic carbocycles. The normalized spacial score (nSPS) is 9.88. The second kappa shape index (κ2) is 4.57. The molecular weight excluding hydrogens is 204 g/mol. The fraction of sp³-hybridized carbons (Fsp3) is 0.182. The molecule has 0 unspecified atom stereocenters. The Bertz CT molecular complexity index is 473. The summed E-state index contributed by atoms with van der Waals surface area (Å²) in [6.07, 6.45) is 4.87. The molecule has 0 saturated carbocycles. The minimum absolute atomic E-state index is 0.633. The minimum Gasteiger partial charge on any atom is -0.481 e. The Morgan fingerprint density at radius 1 is 1.31 bits per heavy atom. The summed E-state index contributed by atoms with van der Waals surface area (Å²) in [6, 6.07) is 3.74. The van der Waals surface area contributed by atoms with Crippen molar-refractivity contribution in [3.05, 3.63) is 36.4 Å². The van der Waals surface area contributed by atoms with Crippen LogP contribution in [-0.4, -0.2) is 22.1 Å². The molecule has 0 aliphatic rings. The Labute approximate surface area is 93.5 Å². The summed E-state index contributed by atoms with van der Waals surface area (Å²) in [7, 11) is 1.60. The van der Waals surface area contributed by atoms with Crippen LogP contribution < -0.4 is 10.1 Å². The molecule has 0 atom stereocenters. The maximum atomic E-state index is 5.09. The van der Waals surface area contributed by atoms with Crippen LogP contribution in [-0.2, 0) is 0 Å². The van der Waals surface area contributed by atoms with Crippen LogP contribution in [0.4, 0.5) is 11.5 Å². The summed E-state index contributed by atoms with van der Waals surface area (Å²) >= 11 is 0. The SMILES string of the molecule is COc1ncc(Nc2ccncn2)cc1C. The van der Waals surface area contributed by atoms with Crippen molar-refractivity contribution in [3.63, 3.8) is 0 Å². The first-order valence-corrected chi connectivity index (χ1v) is 4.83. The van der Waals surface area contributed by atoms with E-state index in [4.69, 9.17) is 4.74 Å². The highest BCUT2D eigenvalue weighted by Gasteiger charge is 2.01. The number of aromatic nitrogens is 3. The van der Waals surface area contributed by atoms with Crippen molar-refractivity contribution in [1.29, 1.82) is 0 Å². The molecule has 2 aromatic heterocycles. The summed E-state index contributed by atoms with van der Waals surface area (Å²) in [5.41, 5.74) is 1.85. The smallest absolute Gasteiger partial charge is 0.216 e. The molecule has 2 rings (SSSR count). The molecule has 0 amide bonds. The second-order valence-corrected chi connectivity index (χ2v) is 3.27. The molecule has 82 valence electrons. The van der Waals surface area contributed by atoms with Gasteiger partial charge in [0.15, 0.2) is 0 Å². The quantitative estimate of drug-likeness (QED) is 0.849. The number of rotatable bonds is 3. The summed E-state index contributed by atoms with van der Waals surface area (Å²) < 4.78 is 5.09. The third-order valence-electron chi connectivity index (χ3n) is 2.08. The number of nitrogens with one attached hydrogen (secondary N) is 1. The molecule has 0 aliphatic carbocycles. The lowest BCUT2D eigenvalue weighted by atomic mass is 10.3. The number of hydrogen-bond acceptors (Lipinski definition) is 5. The first kappa shape index (κ1) is 10.4. The van der Waals surface area contributed by atoms with Crippen molar-refractivity contribution in [3.8, 4) is 5.88 Å². The second-order valence-electron chi connectivity index (χ2n) is 3.27. The van der Waals surface area contributed by atoms with Gasteiger partial charge in [0, 0.05) is 11.8 Å². The summed E-state index contributed by atoms with van der Waals surface area (Å²) in [5.74, 6) is 1.37. The predicted octanol–water partition coefficient (Wildman–Crippen LogP) is 1.93. The molecule has 2 heterocycles. The van der Waals surface area contributed by atoms with E-state index >= 15 is 0 Å². The van der Waals surface area contributed by atoms with Gasteiger partial charge in [0.2, 0.25) is 5.88 Å². The van der Waals surface area contributed by atoms with Gasteiger partial charge in [-0.1, -0.05) is 0 Å². The Morgan fingerprint density at radius 3 is 2.81 bits per heavy atom. The molecule has 0 fully saturated rings. The van der Waals surface area contributed by atoms with Crippen molar-refractivity contribution in [1.82, 2.24) is 15.0 Å². The van der Waals surface area contributed by atoms with Gasteiger partial charge in [0.05, 0.1) is 19.0 Å². The molecule has 5 heteroatoms. The van der Waals surface area contributed by atoms with E-state index in [1.54, 1.807) is 25.6 Å². The number of hydrogen-bond donors (Lipinski definition) is 1. The highest BCUT2D eigenvalue weighted by Crippen LogP contribution is 2.19. The Hall–Kier alpha value is -2.17. The van der Waals surface area contributed by atoms with E-state index in [9.17, 15) is 0 Å². The van der Waals surface area contributed by atoms with Gasteiger partial charge in [-0.25, -0.2) is 15.0 Å². The van der Waals surface area contributed by atoms with Crippen LogP contribution in [0, 0.1) is 6.92 Å². The molecule has 0 saturated heterocycles. The van der Waals surface area contributed by atoms with Crippen LogP contribution in [0.15, 0.2) is 30.9 Å². The number of methoxy groups -OCH3 is 1. The summed E-state index contributed by atoms with van der Waals surface area (Å²) in [6.45, 7) is 1.94. The average Bonchev–Trinajstić information content (AvgIpc) is 2.31. The standard InChI is InChI=1S/C11H12N4O/c1-8-5-9(6-13-11(8)16-2)15-10-3-4-12-7-14-10/h3-7H,1-2H3,(H,12,14,15). The van der Waals surface area contributed by atoms with E-state index in [0.29, 0.717) is 5.88 Å². The number of pyridine rings is 1. The lowest BCUT2D eigenvalue weighted by Crippen LogP contribution is -1.97. The Kier molecular flexibility index (Phi) is 2.95. The highest BCUT2D eigenvalue weighted by molar-refractivity contribution is 5.56. The monoisotopic (exact) mass is 216 g/mol. The molecule has 0 bridgehead atoms. The molecule has 0 spiro atoms. The lowest BCUT2D eigenvalue weighted by molar-refractivity contribution is 0.395. The van der Waals surface area contributed by atoms with Crippen molar-refractivity contribution < 1.29 is 4.74 Å². The molecule has 5 nitrogen and oxygen atoms in total. The van der Waals surface area contributed by atoms with Gasteiger partial charge in [0.25, 0.3) is 0 Å². The Balaban J connectivity index is 2.20. The number of aryl methyl sites for hydroxylation is 1. The zero-order chi connectivity index (χ0) is 11.4. The van der Waals surface area contributed by atoms with Crippen LogP contribution in [0.1, 0.15) is 5.56 Å². The van der Waals surface area contributed by atoms with Gasteiger partial charge < -0.3 is 10.1 Å². The third-order valence-corrected chi connectivity index (χ3v) is 2.08. The van der Waals surface area contributed by atoms with Gasteiger partial charge in [-0.15, -0.1) is 0 Å². The fourth-order valence-electron chi connectivity index (χ4n) is 1.36. The van der Waals surface area contributed by atoms with E-state index in [2.05, 4.69) is 20.3 Å². The van der Waals surface area contributed by atoms with Crippen molar-refractivity contribution >= 4 is 11.5 Å². The number of anilines is 2. The van der Waals surface area contributed by atoms with E-state index in [0.717, 1.165) is 17.1 Å². The zero-order valence-electron chi connectivity index (χ0n) is 9.14. The van der Waals surface area contributed by atoms with E-state index in [1.165, 1.54) is 6.33 Å². The summed E-state index contributed by atoms with van der Waals surface area (Å²) in [4.78, 5) is 12.1. The van der Waals surface area contributed by atoms with Crippen LogP contribution in [0.5, 0.6) is 5.88 Å². The van der Waals surface area contributed by atoms with Gasteiger partial charge in [-0.2, -0.15) is 0 Å². The van der Waals surface area contributed by atoms with Crippen molar-refractivity contribution in [2.75, 3.05) is 12.4 Å². The van der Waals surface area contributed by atoms with Gasteiger partial charge in [0.1, 0.15) is 12.1 Å². The third kappa shape index (κ3) is 2.25. The van der Waals surface area contributed by atoms with Gasteiger partial charge >= 0.3 is 0 Å². The van der Waals surface area contributed by atoms with Gasteiger partial charge in [-0.05, 0) is 19.1 Å². The lowest BCUT2D eigenvalue weighted by Gasteiger charge is -2.07. The van der Waals surface area contributed by atoms with Crippen LogP contribution in [0.25, 0.3) is 0 Å². The topological polar surface area (TPSA) is 59.9 Å². The Morgan fingerprint density at radius 2 is 2.19 bits per heavy atom. The largest absolute Gasteiger partial charge is 0.481 e. The first-order valence-electron chi connectivity index (χ1n) is 4.83. The number of ether oxygens (including phenoxy) is 1. The molecule has 2 aromatic rings. The van der Waals surface area contributed by atoms with E-state index in [1.807, 2.05) is 13.0 Å². The van der Waals surface area contributed by atoms with E-state index in [-0.39, 0.29) is 0 Å². The highest BCUT2D eigenvalue weighted by atomic mass is 16.5. The zero-order valence-corrected chi connectivity index (χ0v) is 9.14. The van der Waals surface area contributed by atoms with Crippen LogP contribution in [0.2, 0.25) is 0 Å². The molecule has 0 aliphatic heterocycles. The first-order chi connectivity index (χ1) is 7.79. The van der Waals surface area contributed by atoms with Crippen molar-refractivity contribution in [2.45, 2.75) is 6.92 Å². The van der Waals surface area contributed by atoms with Gasteiger partial charge in [-0.3, -0.25) is 0 Å². The predicted molar refractivity (Wildman–Crippen MR) is 60.8 cm³/mol. The van der Waals surface area contributed by atoms with E-state index < -0.39 is 0 Å². The number of nitrogens with zero attached hydrogens (tertiary/aromatic N) is 3. The molecule has 16 heavy (non-hydrogen) atoms. The molecule has 1 N–H and O–H groups in total. The average molecular weight is 216 g/mol. The maximum Gasteiger partial charge on any atom is 0.216 e. The summed E-state index contributed by atoms with van der Waals surface area (Å²) in [5, 5.41) is 3.13. The molecular formula is C11H12N4O. The van der Waals surface area contributed by atoms with Crippen LogP contribution >= 0.6 is 0 Å². The fourth-order valence-corrected chi connectivity index (χ4v) is 1.36.